The second-order valence-electron chi connectivity index (χ2n) is 6.38. The number of imidazole rings is 1. The summed E-state index contributed by atoms with van der Waals surface area (Å²) in [5.74, 6) is 0.0132. The number of nitrogens with zero attached hydrogens (tertiary/aromatic N) is 4. The maximum atomic E-state index is 12.6. The van der Waals surface area contributed by atoms with Crippen LogP contribution in [0.2, 0.25) is 5.15 Å². The number of primary amides is 1. The standard InChI is InChI=1S/C18H21ClN8O3.BrH/c1-3-26-11-6-9(30-2)4-5-10(11)27(8-12(20)28)13(26)7-23-18(29)14-16(21)25-17(22)15(19)24-14;/h4-6H,3,7-8H2,1-2H3,(H6-,20,21,22,23,25,28,29);1H. The van der Waals surface area contributed by atoms with E-state index >= 15 is 0 Å². The van der Waals surface area contributed by atoms with Gasteiger partial charge >= 0.3 is 0 Å². The van der Waals surface area contributed by atoms with E-state index in [-0.39, 0.29) is 52.6 Å². The molecule has 0 unspecified atom stereocenters. The number of nitrogens with one attached hydrogen (secondary N) is 1. The maximum absolute atomic E-state index is 12.6. The van der Waals surface area contributed by atoms with Crippen molar-refractivity contribution in [2.45, 2.75) is 26.6 Å². The van der Waals surface area contributed by atoms with E-state index < -0.39 is 11.8 Å². The summed E-state index contributed by atoms with van der Waals surface area (Å²) >= 11 is 5.85. The lowest BCUT2D eigenvalue weighted by atomic mass is 10.3. The van der Waals surface area contributed by atoms with Crippen LogP contribution < -0.4 is 48.8 Å². The summed E-state index contributed by atoms with van der Waals surface area (Å²) < 4.78 is 9.00. The molecule has 2 heterocycles. The smallest absolute Gasteiger partial charge is 0.277 e. The molecule has 166 valence electrons. The van der Waals surface area contributed by atoms with Gasteiger partial charge in [-0.05, 0) is 19.1 Å². The van der Waals surface area contributed by atoms with Crippen LogP contribution in [0, 0.1) is 0 Å². The van der Waals surface area contributed by atoms with Crippen molar-refractivity contribution in [2.75, 3.05) is 18.6 Å². The number of ether oxygens (including phenoxy) is 1. The molecule has 0 saturated carbocycles. The number of carbonyl (C=O) groups excluding carboxylic acids is 2. The van der Waals surface area contributed by atoms with Crippen molar-refractivity contribution in [3.05, 3.63) is 34.9 Å². The third kappa shape index (κ3) is 4.80. The number of nitrogen functional groups attached to an aromatic ring is 2. The normalized spacial score (nSPS) is 10.5. The highest BCUT2D eigenvalue weighted by Gasteiger charge is 2.27. The van der Waals surface area contributed by atoms with Gasteiger partial charge in [0.25, 0.3) is 17.6 Å². The number of anilines is 2. The topological polar surface area (TPSA) is 168 Å². The van der Waals surface area contributed by atoms with Gasteiger partial charge < -0.3 is 44.2 Å². The van der Waals surface area contributed by atoms with E-state index in [2.05, 4.69) is 15.3 Å². The zero-order valence-corrected chi connectivity index (χ0v) is 19.2. The number of hydrogen-bond donors (Lipinski definition) is 4. The fourth-order valence-corrected chi connectivity index (χ4v) is 3.35. The van der Waals surface area contributed by atoms with Crippen LogP contribution in [0.5, 0.6) is 5.75 Å². The number of methoxy groups -OCH3 is 1. The highest BCUT2D eigenvalue weighted by atomic mass is 79.9. The van der Waals surface area contributed by atoms with Crippen LogP contribution in [-0.2, 0) is 24.4 Å². The van der Waals surface area contributed by atoms with Gasteiger partial charge in [-0.3, -0.25) is 9.59 Å². The quantitative estimate of drug-likeness (QED) is 0.244. The SMILES string of the molecule is CCn1c(CNC(=O)c2nc(Cl)c(N)nc2N)[n+](CC(N)=O)c2ccc(OC)cc21.[Br-]. The maximum Gasteiger partial charge on any atom is 0.277 e. The highest BCUT2D eigenvalue weighted by Crippen LogP contribution is 2.22. The van der Waals surface area contributed by atoms with E-state index in [0.29, 0.717) is 18.1 Å². The van der Waals surface area contributed by atoms with Crippen LogP contribution in [-0.4, -0.2) is 33.5 Å². The molecule has 13 heteroatoms. The third-order valence-electron chi connectivity index (χ3n) is 4.54. The summed E-state index contributed by atoms with van der Waals surface area (Å²) in [6.07, 6.45) is 0. The molecule has 0 aliphatic heterocycles. The fraction of sp³-hybridized carbons (Fsp3) is 0.278. The van der Waals surface area contributed by atoms with Crippen LogP contribution in [0.4, 0.5) is 11.6 Å². The molecular formula is C18H22BrClN8O3. The molecule has 0 saturated heterocycles. The van der Waals surface area contributed by atoms with E-state index in [1.807, 2.05) is 23.6 Å². The Kier molecular flexibility index (Phi) is 7.63. The number of hydrogen-bond acceptors (Lipinski definition) is 7. The Labute approximate surface area is 193 Å². The fourth-order valence-electron chi connectivity index (χ4n) is 3.23. The Morgan fingerprint density at radius 2 is 1.97 bits per heavy atom. The molecule has 11 nitrogen and oxygen atoms in total. The van der Waals surface area contributed by atoms with Crippen molar-refractivity contribution < 1.29 is 35.9 Å². The summed E-state index contributed by atoms with van der Waals surface area (Å²) in [7, 11) is 1.57. The van der Waals surface area contributed by atoms with Gasteiger partial charge in [-0.2, -0.15) is 0 Å². The molecule has 3 rings (SSSR count). The van der Waals surface area contributed by atoms with Crippen molar-refractivity contribution in [1.82, 2.24) is 19.9 Å². The summed E-state index contributed by atoms with van der Waals surface area (Å²) in [5, 5.41) is 2.62. The molecule has 0 radical (unpaired) electrons. The van der Waals surface area contributed by atoms with Crippen LogP contribution >= 0.6 is 11.6 Å². The Hall–Kier alpha value is -3.12. The molecule has 3 aromatic rings. The van der Waals surface area contributed by atoms with Crippen LogP contribution in [0.1, 0.15) is 23.2 Å². The first-order valence-electron chi connectivity index (χ1n) is 9.00. The molecule has 0 fully saturated rings. The van der Waals surface area contributed by atoms with E-state index in [4.69, 9.17) is 33.5 Å². The molecule has 0 spiro atoms. The van der Waals surface area contributed by atoms with Crippen molar-refractivity contribution in [3.8, 4) is 5.75 Å². The van der Waals surface area contributed by atoms with Crippen molar-refractivity contribution in [1.29, 1.82) is 0 Å². The van der Waals surface area contributed by atoms with Crippen LogP contribution in [0.3, 0.4) is 0 Å². The summed E-state index contributed by atoms with van der Waals surface area (Å²) in [4.78, 5) is 32.0. The molecule has 7 N–H and O–H groups in total. The van der Waals surface area contributed by atoms with Gasteiger partial charge in [0.05, 0.1) is 13.7 Å². The highest BCUT2D eigenvalue weighted by molar-refractivity contribution is 6.31. The first kappa shape index (κ1) is 24.2. The lowest BCUT2D eigenvalue weighted by molar-refractivity contribution is -0.667. The summed E-state index contributed by atoms with van der Waals surface area (Å²) in [6.45, 7) is 2.54. The molecule has 0 aliphatic rings. The largest absolute Gasteiger partial charge is 1.00 e. The number of aromatic nitrogens is 4. The molecule has 1 aromatic carbocycles. The van der Waals surface area contributed by atoms with Crippen LogP contribution in [0.25, 0.3) is 11.0 Å². The average molecular weight is 514 g/mol. The Balaban J connectivity index is 0.00000341. The molecule has 0 aliphatic carbocycles. The Bertz CT molecular complexity index is 1150. The second kappa shape index (κ2) is 9.79. The summed E-state index contributed by atoms with van der Waals surface area (Å²) in [5.41, 5.74) is 18.2. The molecule has 2 aromatic heterocycles. The van der Waals surface area contributed by atoms with Gasteiger partial charge in [-0.15, -0.1) is 0 Å². The second-order valence-corrected chi connectivity index (χ2v) is 6.74. The number of carbonyl (C=O) groups is 2. The predicted octanol–water partition coefficient (Wildman–Crippen LogP) is -3.02. The van der Waals surface area contributed by atoms with Gasteiger partial charge in [0.2, 0.25) is 0 Å². The molecule has 0 bridgehead atoms. The lowest BCUT2D eigenvalue weighted by Gasteiger charge is -2.08. The molecule has 0 atom stereocenters. The lowest BCUT2D eigenvalue weighted by Crippen LogP contribution is -3.00. The predicted molar refractivity (Wildman–Crippen MR) is 111 cm³/mol. The van der Waals surface area contributed by atoms with Crippen molar-refractivity contribution in [2.24, 2.45) is 5.73 Å². The van der Waals surface area contributed by atoms with E-state index in [9.17, 15) is 9.59 Å². The third-order valence-corrected chi connectivity index (χ3v) is 4.82. The van der Waals surface area contributed by atoms with Gasteiger partial charge in [-0.1, -0.05) is 11.6 Å². The first-order valence-corrected chi connectivity index (χ1v) is 9.38. The number of benzene rings is 1. The number of amides is 2. The minimum atomic E-state index is -0.585. The van der Waals surface area contributed by atoms with E-state index in [1.54, 1.807) is 17.7 Å². The van der Waals surface area contributed by atoms with Gasteiger partial charge in [-0.25, -0.2) is 19.1 Å². The van der Waals surface area contributed by atoms with Crippen LogP contribution in [0.15, 0.2) is 18.2 Å². The van der Waals surface area contributed by atoms with Gasteiger partial charge in [0, 0.05) is 6.07 Å². The monoisotopic (exact) mass is 512 g/mol. The summed E-state index contributed by atoms with van der Waals surface area (Å²) in [6, 6.07) is 5.47. The number of rotatable bonds is 7. The zero-order chi connectivity index (χ0) is 22.0. The number of halogens is 2. The first-order chi connectivity index (χ1) is 14.3. The Morgan fingerprint density at radius 3 is 2.58 bits per heavy atom. The molecule has 2 amide bonds. The van der Waals surface area contributed by atoms with Gasteiger partial charge in [0.15, 0.2) is 40.1 Å². The van der Waals surface area contributed by atoms with E-state index in [1.165, 1.54) is 0 Å². The molecule has 31 heavy (non-hydrogen) atoms. The van der Waals surface area contributed by atoms with E-state index in [0.717, 1.165) is 11.0 Å². The number of nitrogens with two attached hydrogens (primary N) is 3. The van der Waals surface area contributed by atoms with Gasteiger partial charge in [0.1, 0.15) is 12.3 Å². The minimum absolute atomic E-state index is 0. The number of fused-ring (bicyclic) bond motifs is 1. The van der Waals surface area contributed by atoms with Crippen molar-refractivity contribution >= 4 is 46.1 Å². The molecular weight excluding hydrogens is 492 g/mol. The average Bonchev–Trinajstić information content (AvgIpc) is 2.99. The van der Waals surface area contributed by atoms with Crippen molar-refractivity contribution in [3.63, 3.8) is 0 Å². The Morgan fingerprint density at radius 1 is 1.26 bits per heavy atom. The minimum Gasteiger partial charge on any atom is -1.00 e. The number of aryl methyl sites for hydroxylation is 1. The zero-order valence-electron chi connectivity index (χ0n) is 16.9.